The molecule has 5 nitrogen and oxygen atoms in total. The van der Waals surface area contributed by atoms with E-state index >= 15 is 0 Å². The molecular weight excluding hydrogens is 331 g/mol. The summed E-state index contributed by atoms with van der Waals surface area (Å²) in [4.78, 5) is 22.7. The number of halogens is 2. The first-order valence-corrected chi connectivity index (χ1v) is 8.03. The lowest BCUT2D eigenvalue weighted by molar-refractivity contribution is 0.0785. The van der Waals surface area contributed by atoms with Crippen LogP contribution in [0.3, 0.4) is 0 Å². The number of benzene rings is 1. The quantitative estimate of drug-likeness (QED) is 0.717. The number of hydrogen-bond donors (Lipinski definition) is 0. The third kappa shape index (κ3) is 2.63. The van der Waals surface area contributed by atoms with Gasteiger partial charge in [-0.3, -0.25) is 9.20 Å². The van der Waals surface area contributed by atoms with Gasteiger partial charge in [0.1, 0.15) is 11.5 Å². The predicted octanol–water partition coefficient (Wildman–Crippen LogP) is 3.15. The number of imidazole rings is 1. The Morgan fingerprint density at radius 1 is 1.29 bits per heavy atom. The fourth-order valence-electron chi connectivity index (χ4n) is 3.13. The number of amides is 1. The van der Waals surface area contributed by atoms with Crippen LogP contribution in [0.25, 0.3) is 5.78 Å². The number of rotatable bonds is 2. The van der Waals surface area contributed by atoms with E-state index in [2.05, 4.69) is 9.97 Å². The van der Waals surface area contributed by atoms with Gasteiger partial charge in [-0.2, -0.15) is 0 Å². The predicted molar refractivity (Wildman–Crippen MR) is 87.7 cm³/mol. The van der Waals surface area contributed by atoms with Crippen LogP contribution in [0.1, 0.15) is 28.4 Å². The van der Waals surface area contributed by atoms with Crippen LogP contribution < -0.4 is 0 Å². The summed E-state index contributed by atoms with van der Waals surface area (Å²) in [7, 11) is 0. The van der Waals surface area contributed by atoms with Gasteiger partial charge in [-0.1, -0.05) is 29.8 Å². The maximum atomic E-state index is 13.9. The van der Waals surface area contributed by atoms with E-state index in [9.17, 15) is 9.18 Å². The lowest BCUT2D eigenvalue weighted by atomic mass is 9.98. The summed E-state index contributed by atoms with van der Waals surface area (Å²) in [6.07, 6.45) is 5.50. The molecule has 0 bridgehead atoms. The third-order valence-electron chi connectivity index (χ3n) is 4.32. The van der Waals surface area contributed by atoms with Gasteiger partial charge in [0, 0.05) is 31.4 Å². The monoisotopic (exact) mass is 344 g/mol. The fraction of sp³-hybridized carbons (Fsp3) is 0.235. The van der Waals surface area contributed by atoms with Gasteiger partial charge in [-0.15, -0.1) is 0 Å². The molecule has 4 rings (SSSR count). The van der Waals surface area contributed by atoms with Crippen LogP contribution in [-0.4, -0.2) is 38.3 Å². The Labute approximate surface area is 142 Å². The molecule has 2 aromatic heterocycles. The number of carbonyl (C=O) groups excluding carboxylic acids is 1. The van der Waals surface area contributed by atoms with E-state index in [0.29, 0.717) is 35.1 Å². The zero-order chi connectivity index (χ0) is 16.7. The van der Waals surface area contributed by atoms with Crippen molar-refractivity contribution in [3.8, 4) is 0 Å². The van der Waals surface area contributed by atoms with Crippen LogP contribution in [0.5, 0.6) is 0 Å². The topological polar surface area (TPSA) is 50.5 Å². The first kappa shape index (κ1) is 15.1. The first-order valence-electron chi connectivity index (χ1n) is 7.66. The Morgan fingerprint density at radius 2 is 2.12 bits per heavy atom. The molecule has 0 saturated carbocycles. The van der Waals surface area contributed by atoms with Gasteiger partial charge < -0.3 is 4.90 Å². The second-order valence-corrected chi connectivity index (χ2v) is 6.30. The van der Waals surface area contributed by atoms with Crippen molar-refractivity contribution < 1.29 is 9.18 Å². The van der Waals surface area contributed by atoms with Crippen LogP contribution in [0.15, 0.2) is 42.9 Å². The smallest absolute Gasteiger partial charge is 0.274 e. The highest BCUT2D eigenvalue weighted by Gasteiger charge is 2.30. The van der Waals surface area contributed by atoms with E-state index in [1.165, 1.54) is 12.3 Å². The minimum Gasteiger partial charge on any atom is -0.337 e. The van der Waals surface area contributed by atoms with Crippen LogP contribution in [0.2, 0.25) is 5.02 Å². The van der Waals surface area contributed by atoms with Gasteiger partial charge in [-0.05, 0) is 18.1 Å². The Morgan fingerprint density at radius 3 is 2.96 bits per heavy atom. The third-order valence-corrected chi connectivity index (χ3v) is 4.51. The Balaban J connectivity index is 1.55. The molecule has 1 aliphatic heterocycles. The lowest BCUT2D eigenvalue weighted by Crippen LogP contribution is -2.28. The van der Waals surface area contributed by atoms with Gasteiger partial charge in [0.05, 0.1) is 11.2 Å². The van der Waals surface area contributed by atoms with Crippen molar-refractivity contribution in [1.29, 1.82) is 0 Å². The number of aromatic nitrogens is 3. The molecule has 0 spiro atoms. The van der Waals surface area contributed by atoms with Crippen LogP contribution in [0.4, 0.5) is 4.39 Å². The summed E-state index contributed by atoms with van der Waals surface area (Å²) in [5, 5.41) is 0.472. The largest absolute Gasteiger partial charge is 0.337 e. The van der Waals surface area contributed by atoms with E-state index in [1.807, 2.05) is 6.07 Å². The summed E-state index contributed by atoms with van der Waals surface area (Å²) in [5.41, 5.74) is 0.982. The van der Waals surface area contributed by atoms with Crippen molar-refractivity contribution >= 4 is 23.3 Å². The fourth-order valence-corrected chi connectivity index (χ4v) is 3.28. The molecule has 1 fully saturated rings. The molecule has 1 saturated heterocycles. The van der Waals surface area contributed by atoms with Crippen molar-refractivity contribution in [3.63, 3.8) is 0 Å². The molecule has 1 aliphatic rings. The zero-order valence-corrected chi connectivity index (χ0v) is 13.4. The number of fused-ring (bicyclic) bond motifs is 1. The molecule has 1 atom stereocenters. The van der Waals surface area contributed by atoms with E-state index in [-0.39, 0.29) is 17.6 Å². The second kappa shape index (κ2) is 5.87. The molecule has 0 N–H and O–H groups in total. The van der Waals surface area contributed by atoms with Crippen LogP contribution in [0, 0.1) is 5.82 Å². The molecule has 0 aliphatic carbocycles. The van der Waals surface area contributed by atoms with E-state index in [1.54, 1.807) is 33.8 Å². The zero-order valence-electron chi connectivity index (χ0n) is 12.7. The number of hydrogen-bond acceptors (Lipinski definition) is 3. The number of nitrogens with zero attached hydrogens (tertiary/aromatic N) is 4. The molecule has 7 heteroatoms. The highest BCUT2D eigenvalue weighted by molar-refractivity contribution is 6.30. The molecule has 1 amide bonds. The molecule has 3 heterocycles. The van der Waals surface area contributed by atoms with Gasteiger partial charge in [0.2, 0.25) is 5.78 Å². The van der Waals surface area contributed by atoms with Crippen molar-refractivity contribution in [2.75, 3.05) is 13.1 Å². The van der Waals surface area contributed by atoms with Crippen molar-refractivity contribution in [2.45, 2.75) is 12.3 Å². The summed E-state index contributed by atoms with van der Waals surface area (Å²) in [5.74, 6) is 0.0474. The molecule has 24 heavy (non-hydrogen) atoms. The standard InChI is InChI=1S/C17H14ClFN4O/c18-12-7-20-17-21-15(10-23(17)9-12)16(24)22-6-5-11(8-22)13-3-1-2-4-14(13)19/h1-4,7,9-11H,5-6,8H2/t11-/m0/s1. The minimum atomic E-state index is -0.219. The SMILES string of the molecule is O=C(c1cn2cc(Cl)cnc2n1)N1CC[C@H](c2ccccc2F)C1. The van der Waals surface area contributed by atoms with E-state index in [0.717, 1.165) is 6.42 Å². The molecule has 0 unspecified atom stereocenters. The summed E-state index contributed by atoms with van der Waals surface area (Å²) in [6.45, 7) is 1.07. The Bertz CT molecular complexity index is 926. The van der Waals surface area contributed by atoms with Crippen LogP contribution in [-0.2, 0) is 0 Å². The van der Waals surface area contributed by atoms with Gasteiger partial charge >= 0.3 is 0 Å². The molecule has 1 aromatic carbocycles. The maximum Gasteiger partial charge on any atom is 0.274 e. The Hall–Kier alpha value is -2.47. The summed E-state index contributed by atoms with van der Waals surface area (Å²) in [6, 6.07) is 6.73. The minimum absolute atomic E-state index is 0.0137. The highest BCUT2D eigenvalue weighted by atomic mass is 35.5. The first-order chi connectivity index (χ1) is 11.6. The van der Waals surface area contributed by atoms with Crippen LogP contribution >= 0.6 is 11.6 Å². The van der Waals surface area contributed by atoms with Crippen molar-refractivity contribution in [1.82, 2.24) is 19.3 Å². The highest BCUT2D eigenvalue weighted by Crippen LogP contribution is 2.29. The van der Waals surface area contributed by atoms with Crippen molar-refractivity contribution in [3.05, 3.63) is 65.0 Å². The molecule has 0 radical (unpaired) electrons. The number of likely N-dealkylation sites (tertiary alicyclic amines) is 1. The second-order valence-electron chi connectivity index (χ2n) is 5.86. The van der Waals surface area contributed by atoms with E-state index < -0.39 is 0 Å². The van der Waals surface area contributed by atoms with Gasteiger partial charge in [-0.25, -0.2) is 14.4 Å². The average molecular weight is 345 g/mol. The molecular formula is C17H14ClFN4O. The lowest BCUT2D eigenvalue weighted by Gasteiger charge is -2.15. The van der Waals surface area contributed by atoms with Crippen molar-refractivity contribution in [2.24, 2.45) is 0 Å². The average Bonchev–Trinajstić information content (AvgIpc) is 3.21. The summed E-state index contributed by atoms with van der Waals surface area (Å²) < 4.78 is 15.6. The molecule has 122 valence electrons. The molecule has 3 aromatic rings. The normalized spacial score (nSPS) is 17.6. The Kier molecular flexibility index (Phi) is 3.69. The summed E-state index contributed by atoms with van der Waals surface area (Å²) >= 11 is 5.89. The van der Waals surface area contributed by atoms with Gasteiger partial charge in [0.25, 0.3) is 5.91 Å². The van der Waals surface area contributed by atoms with E-state index in [4.69, 9.17) is 11.6 Å². The maximum absolute atomic E-state index is 13.9. The number of carbonyl (C=O) groups is 1. The van der Waals surface area contributed by atoms with Gasteiger partial charge in [0.15, 0.2) is 0 Å².